The molecule has 5 heteroatoms. The molecule has 0 aliphatic carbocycles. The molecule has 0 saturated heterocycles. The Labute approximate surface area is 86.6 Å². The SMILES string of the molecule is COC(=O)c1ccc(C(=N)NC=O)cc1. The zero-order chi connectivity index (χ0) is 11.3. The third-order valence-electron chi connectivity index (χ3n) is 1.80. The summed E-state index contributed by atoms with van der Waals surface area (Å²) in [7, 11) is 1.30. The highest BCUT2D eigenvalue weighted by molar-refractivity contribution is 6.02. The van der Waals surface area contributed by atoms with Gasteiger partial charge in [-0.15, -0.1) is 0 Å². The summed E-state index contributed by atoms with van der Waals surface area (Å²) in [5.74, 6) is -0.446. The lowest BCUT2D eigenvalue weighted by Gasteiger charge is -2.03. The molecule has 1 amide bonds. The van der Waals surface area contributed by atoms with Gasteiger partial charge in [-0.25, -0.2) is 4.79 Å². The highest BCUT2D eigenvalue weighted by Crippen LogP contribution is 2.05. The molecule has 0 saturated carbocycles. The van der Waals surface area contributed by atoms with Gasteiger partial charge in [0.05, 0.1) is 12.7 Å². The van der Waals surface area contributed by atoms with Gasteiger partial charge < -0.3 is 10.1 Å². The molecule has 0 radical (unpaired) electrons. The second-order valence-corrected chi connectivity index (χ2v) is 2.71. The van der Waals surface area contributed by atoms with E-state index in [0.717, 1.165) is 0 Å². The van der Waals surface area contributed by atoms with Gasteiger partial charge in [-0.1, -0.05) is 12.1 Å². The lowest BCUT2D eigenvalue weighted by Crippen LogP contribution is -2.21. The van der Waals surface area contributed by atoms with E-state index < -0.39 is 5.97 Å². The molecule has 0 aliphatic heterocycles. The summed E-state index contributed by atoms with van der Waals surface area (Å²) < 4.78 is 4.52. The first kappa shape index (κ1) is 10.9. The van der Waals surface area contributed by atoms with Crippen LogP contribution in [0.1, 0.15) is 15.9 Å². The van der Waals surface area contributed by atoms with Crippen LogP contribution in [0.3, 0.4) is 0 Å². The average molecular weight is 206 g/mol. The van der Waals surface area contributed by atoms with Gasteiger partial charge >= 0.3 is 5.97 Å². The Morgan fingerprint density at radius 2 is 1.87 bits per heavy atom. The summed E-state index contributed by atoms with van der Waals surface area (Å²) in [5, 5.41) is 9.60. The molecule has 78 valence electrons. The number of methoxy groups -OCH3 is 1. The number of hydrogen-bond acceptors (Lipinski definition) is 4. The zero-order valence-electron chi connectivity index (χ0n) is 8.11. The molecule has 0 heterocycles. The number of amidine groups is 1. The molecule has 0 fully saturated rings. The van der Waals surface area contributed by atoms with Gasteiger partial charge in [-0.05, 0) is 12.1 Å². The Bertz CT molecular complexity index is 384. The number of carbonyl (C=O) groups is 2. The molecule has 0 atom stereocenters. The highest BCUT2D eigenvalue weighted by Gasteiger charge is 2.05. The van der Waals surface area contributed by atoms with Crippen LogP contribution in [0.4, 0.5) is 0 Å². The minimum absolute atomic E-state index is 0.0126. The van der Waals surface area contributed by atoms with Crippen molar-refractivity contribution in [2.75, 3.05) is 7.11 Å². The van der Waals surface area contributed by atoms with Crippen LogP contribution in [-0.4, -0.2) is 25.3 Å². The van der Waals surface area contributed by atoms with Crippen LogP contribution in [0.2, 0.25) is 0 Å². The summed E-state index contributed by atoms with van der Waals surface area (Å²) in [6.07, 6.45) is 0.427. The minimum atomic E-state index is -0.434. The van der Waals surface area contributed by atoms with E-state index in [0.29, 0.717) is 17.5 Å². The van der Waals surface area contributed by atoms with Gasteiger partial charge in [-0.2, -0.15) is 0 Å². The smallest absolute Gasteiger partial charge is 0.337 e. The second-order valence-electron chi connectivity index (χ2n) is 2.71. The topological polar surface area (TPSA) is 79.2 Å². The molecule has 2 N–H and O–H groups in total. The largest absolute Gasteiger partial charge is 0.465 e. The van der Waals surface area contributed by atoms with Crippen LogP contribution >= 0.6 is 0 Å². The highest BCUT2D eigenvalue weighted by atomic mass is 16.5. The Hall–Kier alpha value is -2.17. The maximum Gasteiger partial charge on any atom is 0.337 e. The van der Waals surface area contributed by atoms with Crippen LogP contribution in [-0.2, 0) is 9.53 Å². The van der Waals surface area contributed by atoms with E-state index in [2.05, 4.69) is 10.1 Å². The van der Waals surface area contributed by atoms with Crippen molar-refractivity contribution in [3.8, 4) is 0 Å². The quantitative estimate of drug-likeness (QED) is 0.328. The van der Waals surface area contributed by atoms with E-state index in [9.17, 15) is 9.59 Å². The van der Waals surface area contributed by atoms with Crippen LogP contribution in [0.5, 0.6) is 0 Å². The fraction of sp³-hybridized carbons (Fsp3) is 0.100. The van der Waals surface area contributed by atoms with Crippen molar-refractivity contribution in [3.05, 3.63) is 35.4 Å². The molecule has 15 heavy (non-hydrogen) atoms. The van der Waals surface area contributed by atoms with Crippen molar-refractivity contribution in [1.82, 2.24) is 5.32 Å². The van der Waals surface area contributed by atoms with Gasteiger partial charge in [0.1, 0.15) is 5.84 Å². The van der Waals surface area contributed by atoms with Crippen molar-refractivity contribution >= 4 is 18.2 Å². The first-order valence-electron chi connectivity index (χ1n) is 4.16. The first-order valence-corrected chi connectivity index (χ1v) is 4.16. The summed E-state index contributed by atoms with van der Waals surface area (Å²) in [5.41, 5.74) is 0.926. The monoisotopic (exact) mass is 206 g/mol. The Morgan fingerprint density at radius 1 is 1.33 bits per heavy atom. The van der Waals surface area contributed by atoms with E-state index >= 15 is 0 Å². The number of amides is 1. The molecular formula is C10H10N2O3. The van der Waals surface area contributed by atoms with E-state index in [1.807, 2.05) is 0 Å². The van der Waals surface area contributed by atoms with Crippen molar-refractivity contribution in [3.63, 3.8) is 0 Å². The molecule has 1 aromatic rings. The molecule has 0 aliphatic rings. The van der Waals surface area contributed by atoms with Crippen molar-refractivity contribution < 1.29 is 14.3 Å². The standard InChI is InChI=1S/C10H10N2O3/c1-15-10(14)8-4-2-7(3-5-8)9(11)12-6-13/h2-6H,1H3,(H2,11,12,13). The number of benzene rings is 1. The van der Waals surface area contributed by atoms with Gasteiger partial charge in [0.25, 0.3) is 0 Å². The number of ether oxygens (including phenoxy) is 1. The third-order valence-corrected chi connectivity index (χ3v) is 1.80. The summed E-state index contributed by atoms with van der Waals surface area (Å²) in [6.45, 7) is 0. The maximum atomic E-state index is 11.1. The van der Waals surface area contributed by atoms with Crippen LogP contribution in [0, 0.1) is 5.41 Å². The van der Waals surface area contributed by atoms with Crippen molar-refractivity contribution in [2.24, 2.45) is 0 Å². The van der Waals surface area contributed by atoms with Gasteiger partial charge in [-0.3, -0.25) is 10.2 Å². The van der Waals surface area contributed by atoms with Crippen molar-refractivity contribution in [2.45, 2.75) is 0 Å². The molecule has 0 unspecified atom stereocenters. The van der Waals surface area contributed by atoms with E-state index in [-0.39, 0.29) is 5.84 Å². The van der Waals surface area contributed by atoms with Crippen LogP contribution in [0.15, 0.2) is 24.3 Å². The fourth-order valence-corrected chi connectivity index (χ4v) is 1.03. The maximum absolute atomic E-state index is 11.1. The molecule has 1 aromatic carbocycles. The Morgan fingerprint density at radius 3 is 2.33 bits per heavy atom. The molecule has 5 nitrogen and oxygen atoms in total. The number of nitrogens with one attached hydrogen (secondary N) is 2. The Kier molecular flexibility index (Phi) is 3.56. The molecule has 1 rings (SSSR count). The summed E-state index contributed by atoms with van der Waals surface area (Å²) in [4.78, 5) is 21.2. The van der Waals surface area contributed by atoms with Gasteiger partial charge in [0.15, 0.2) is 0 Å². The van der Waals surface area contributed by atoms with E-state index in [1.54, 1.807) is 12.1 Å². The van der Waals surface area contributed by atoms with Gasteiger partial charge in [0.2, 0.25) is 6.41 Å². The second kappa shape index (κ2) is 4.90. The number of carbonyl (C=O) groups excluding carboxylic acids is 2. The summed E-state index contributed by atoms with van der Waals surface area (Å²) in [6, 6.07) is 6.18. The van der Waals surface area contributed by atoms with Gasteiger partial charge in [0, 0.05) is 5.56 Å². The molecular weight excluding hydrogens is 196 g/mol. The van der Waals surface area contributed by atoms with Crippen molar-refractivity contribution in [1.29, 1.82) is 5.41 Å². The predicted molar refractivity (Wildman–Crippen MR) is 53.8 cm³/mol. The minimum Gasteiger partial charge on any atom is -0.465 e. The third kappa shape index (κ3) is 2.63. The summed E-state index contributed by atoms with van der Waals surface area (Å²) >= 11 is 0. The number of hydrogen-bond donors (Lipinski definition) is 2. The number of esters is 1. The lowest BCUT2D eigenvalue weighted by molar-refractivity contribution is -0.108. The number of rotatable bonds is 3. The molecule has 0 bridgehead atoms. The first-order chi connectivity index (χ1) is 7.19. The molecule has 0 spiro atoms. The lowest BCUT2D eigenvalue weighted by atomic mass is 10.1. The normalized spacial score (nSPS) is 9.13. The fourth-order valence-electron chi connectivity index (χ4n) is 1.03. The van der Waals surface area contributed by atoms with Crippen LogP contribution < -0.4 is 5.32 Å². The Balaban J connectivity index is 2.85. The average Bonchev–Trinajstić information content (AvgIpc) is 2.28. The predicted octanol–water partition coefficient (Wildman–Crippen LogP) is 0.545. The van der Waals surface area contributed by atoms with E-state index in [1.165, 1.54) is 19.2 Å². The van der Waals surface area contributed by atoms with Crippen LogP contribution in [0.25, 0.3) is 0 Å². The van der Waals surface area contributed by atoms with E-state index in [4.69, 9.17) is 5.41 Å². The molecule has 0 aromatic heterocycles. The zero-order valence-corrected chi connectivity index (χ0v) is 8.11.